The number of oxazole rings is 1. The van der Waals surface area contributed by atoms with E-state index in [1.54, 1.807) is 19.2 Å². The second-order valence-electron chi connectivity index (χ2n) is 8.16. The highest BCUT2D eigenvalue weighted by Gasteiger charge is 2.42. The lowest BCUT2D eigenvalue weighted by molar-refractivity contribution is -0.121. The number of anilines is 1. The summed E-state index contributed by atoms with van der Waals surface area (Å²) in [6.07, 6.45) is 3.83. The second-order valence-corrected chi connectivity index (χ2v) is 8.57. The van der Waals surface area contributed by atoms with Crippen LogP contribution in [0.25, 0.3) is 22.6 Å². The van der Waals surface area contributed by atoms with Crippen molar-refractivity contribution in [3.8, 4) is 17.2 Å². The molecule has 3 aromatic carbocycles. The minimum absolute atomic E-state index is 0.0335. The van der Waals surface area contributed by atoms with Crippen LogP contribution in [0.4, 0.5) is 5.69 Å². The summed E-state index contributed by atoms with van der Waals surface area (Å²) in [6, 6.07) is 21.0. The van der Waals surface area contributed by atoms with Gasteiger partial charge in [0.2, 0.25) is 11.8 Å². The molecule has 1 saturated carbocycles. The quantitative estimate of drug-likeness (QED) is 0.374. The van der Waals surface area contributed by atoms with Gasteiger partial charge in [0.25, 0.3) is 0 Å². The molecule has 162 valence electrons. The summed E-state index contributed by atoms with van der Waals surface area (Å²) in [4.78, 5) is 18.0. The predicted octanol–water partition coefficient (Wildman–Crippen LogP) is 6.61. The minimum atomic E-state index is -0.481. The number of nitrogens with one attached hydrogen (secondary N) is 1. The largest absolute Gasteiger partial charge is 0.495 e. The molecule has 0 atom stereocenters. The van der Waals surface area contributed by atoms with Gasteiger partial charge in [0.05, 0.1) is 17.5 Å². The van der Waals surface area contributed by atoms with E-state index in [9.17, 15) is 4.79 Å². The zero-order valence-electron chi connectivity index (χ0n) is 17.7. The molecule has 5 rings (SSSR count). The fourth-order valence-corrected chi connectivity index (χ4v) is 4.82. The molecule has 1 amide bonds. The van der Waals surface area contributed by atoms with Crippen molar-refractivity contribution in [3.05, 3.63) is 77.3 Å². The lowest BCUT2D eigenvalue weighted by Crippen LogP contribution is -2.37. The highest BCUT2D eigenvalue weighted by atomic mass is 35.5. The molecule has 1 aliphatic carbocycles. The Balaban J connectivity index is 1.43. The number of halogens is 1. The van der Waals surface area contributed by atoms with Gasteiger partial charge in [0, 0.05) is 11.3 Å². The molecule has 0 bridgehead atoms. The van der Waals surface area contributed by atoms with Crippen molar-refractivity contribution in [2.45, 2.75) is 31.1 Å². The van der Waals surface area contributed by atoms with Gasteiger partial charge < -0.3 is 14.5 Å². The first-order valence-electron chi connectivity index (χ1n) is 10.7. The van der Waals surface area contributed by atoms with Gasteiger partial charge in [-0.15, -0.1) is 0 Å². The number of carbonyl (C=O) groups is 1. The van der Waals surface area contributed by atoms with Gasteiger partial charge in [-0.3, -0.25) is 4.79 Å². The third kappa shape index (κ3) is 3.63. The highest BCUT2D eigenvalue weighted by Crippen LogP contribution is 2.42. The molecule has 5 nitrogen and oxygen atoms in total. The molecule has 4 aromatic rings. The van der Waals surface area contributed by atoms with E-state index >= 15 is 0 Å². The van der Waals surface area contributed by atoms with Crippen molar-refractivity contribution in [1.82, 2.24) is 4.98 Å². The first-order chi connectivity index (χ1) is 15.6. The van der Waals surface area contributed by atoms with Crippen molar-refractivity contribution in [2.24, 2.45) is 0 Å². The molecule has 1 fully saturated rings. The molecular formula is C26H23ClN2O3. The van der Waals surface area contributed by atoms with Gasteiger partial charge in [-0.1, -0.05) is 54.8 Å². The number of hydrogen-bond donors (Lipinski definition) is 1. The second kappa shape index (κ2) is 8.32. The first kappa shape index (κ1) is 20.6. The number of amides is 1. The van der Waals surface area contributed by atoms with Crippen LogP contribution in [-0.4, -0.2) is 18.0 Å². The van der Waals surface area contributed by atoms with E-state index in [-0.39, 0.29) is 5.91 Å². The molecule has 0 unspecified atom stereocenters. The van der Waals surface area contributed by atoms with Gasteiger partial charge >= 0.3 is 0 Å². The number of ether oxygens (including phenoxy) is 1. The van der Waals surface area contributed by atoms with Gasteiger partial charge in [-0.05, 0) is 54.8 Å². The Hall–Kier alpha value is -3.31. The molecule has 6 heteroatoms. The monoisotopic (exact) mass is 446 g/mol. The number of rotatable bonds is 5. The van der Waals surface area contributed by atoms with Crippen LogP contribution in [-0.2, 0) is 10.2 Å². The van der Waals surface area contributed by atoms with E-state index in [0.717, 1.165) is 36.8 Å². The third-order valence-corrected chi connectivity index (χ3v) is 6.56. The highest BCUT2D eigenvalue weighted by molar-refractivity contribution is 6.32. The number of hydrogen-bond acceptors (Lipinski definition) is 4. The Bertz CT molecular complexity index is 1280. The molecule has 1 aliphatic rings. The summed E-state index contributed by atoms with van der Waals surface area (Å²) in [6.45, 7) is 0. The van der Waals surface area contributed by atoms with Crippen molar-refractivity contribution in [1.29, 1.82) is 0 Å². The number of methoxy groups -OCH3 is 1. The molecule has 1 N–H and O–H groups in total. The molecule has 1 heterocycles. The van der Waals surface area contributed by atoms with Crippen molar-refractivity contribution < 1.29 is 13.9 Å². The molecule has 0 aliphatic heterocycles. The lowest BCUT2D eigenvalue weighted by Gasteiger charge is -2.28. The van der Waals surface area contributed by atoms with E-state index in [0.29, 0.717) is 33.4 Å². The predicted molar refractivity (Wildman–Crippen MR) is 126 cm³/mol. The number of nitrogens with zero attached hydrogens (tertiary/aromatic N) is 1. The van der Waals surface area contributed by atoms with Crippen LogP contribution in [0.3, 0.4) is 0 Å². The SMILES string of the molecule is COc1ccc(-c2nc3cc(NC(=O)C4(c5ccccc5)CCCC4)ccc3o2)cc1Cl. The maximum Gasteiger partial charge on any atom is 0.235 e. The van der Waals surface area contributed by atoms with Gasteiger partial charge in [-0.25, -0.2) is 4.98 Å². The van der Waals surface area contributed by atoms with Crippen LogP contribution in [0.1, 0.15) is 31.2 Å². The summed E-state index contributed by atoms with van der Waals surface area (Å²) in [5.41, 5.74) is 3.37. The molecule has 0 saturated heterocycles. The Morgan fingerprint density at radius 3 is 2.56 bits per heavy atom. The van der Waals surface area contributed by atoms with Gasteiger partial charge in [0.15, 0.2) is 5.58 Å². The number of carbonyl (C=O) groups excluding carboxylic acids is 1. The third-order valence-electron chi connectivity index (χ3n) is 6.26. The average molecular weight is 447 g/mol. The van der Waals surface area contributed by atoms with E-state index in [2.05, 4.69) is 22.4 Å². The van der Waals surface area contributed by atoms with Crippen molar-refractivity contribution in [3.63, 3.8) is 0 Å². The van der Waals surface area contributed by atoms with E-state index in [1.165, 1.54) is 0 Å². The summed E-state index contributed by atoms with van der Waals surface area (Å²) in [5.74, 6) is 1.09. The topological polar surface area (TPSA) is 64.4 Å². The summed E-state index contributed by atoms with van der Waals surface area (Å²) >= 11 is 6.24. The summed E-state index contributed by atoms with van der Waals surface area (Å²) in [7, 11) is 1.57. The molecule has 1 aromatic heterocycles. The fraction of sp³-hybridized carbons (Fsp3) is 0.231. The first-order valence-corrected chi connectivity index (χ1v) is 11.1. The van der Waals surface area contributed by atoms with Crippen LogP contribution in [0.15, 0.2) is 71.1 Å². The van der Waals surface area contributed by atoms with Crippen LogP contribution < -0.4 is 10.1 Å². The number of fused-ring (bicyclic) bond motifs is 1. The number of benzene rings is 3. The summed E-state index contributed by atoms with van der Waals surface area (Å²) < 4.78 is 11.1. The Morgan fingerprint density at radius 2 is 1.84 bits per heavy atom. The standard InChI is InChI=1S/C26H23ClN2O3/c1-31-22-11-9-17(15-20(22)27)24-29-21-16-19(10-12-23(21)32-24)28-25(30)26(13-5-6-14-26)18-7-3-2-4-8-18/h2-4,7-12,15-16H,5-6,13-14H2,1H3,(H,28,30). The van der Waals surface area contributed by atoms with Crippen molar-refractivity contribution >= 4 is 34.3 Å². The normalized spacial score (nSPS) is 15.1. The average Bonchev–Trinajstić information content (AvgIpc) is 3.47. The Labute approximate surface area is 191 Å². The maximum absolute atomic E-state index is 13.4. The lowest BCUT2D eigenvalue weighted by atomic mass is 9.78. The van der Waals surface area contributed by atoms with Crippen molar-refractivity contribution in [2.75, 3.05) is 12.4 Å². The zero-order chi connectivity index (χ0) is 22.1. The maximum atomic E-state index is 13.4. The van der Waals surface area contributed by atoms with E-state index in [4.69, 9.17) is 20.8 Å². The van der Waals surface area contributed by atoms with Gasteiger partial charge in [0.1, 0.15) is 11.3 Å². The smallest absolute Gasteiger partial charge is 0.235 e. The van der Waals surface area contributed by atoms with E-state index < -0.39 is 5.41 Å². The Kier molecular flexibility index (Phi) is 5.35. The molecule has 0 radical (unpaired) electrons. The summed E-state index contributed by atoms with van der Waals surface area (Å²) in [5, 5.41) is 3.62. The zero-order valence-corrected chi connectivity index (χ0v) is 18.5. The fourth-order valence-electron chi connectivity index (χ4n) is 4.56. The molecular weight excluding hydrogens is 424 g/mol. The van der Waals surface area contributed by atoms with Crippen LogP contribution >= 0.6 is 11.6 Å². The minimum Gasteiger partial charge on any atom is -0.495 e. The van der Waals surface area contributed by atoms with E-state index in [1.807, 2.05) is 42.5 Å². The van der Waals surface area contributed by atoms with Crippen LogP contribution in [0, 0.1) is 0 Å². The van der Waals surface area contributed by atoms with Crippen LogP contribution in [0.2, 0.25) is 5.02 Å². The Morgan fingerprint density at radius 1 is 1.06 bits per heavy atom. The van der Waals surface area contributed by atoms with Gasteiger partial charge in [-0.2, -0.15) is 0 Å². The number of aromatic nitrogens is 1. The molecule has 32 heavy (non-hydrogen) atoms. The van der Waals surface area contributed by atoms with Crippen LogP contribution in [0.5, 0.6) is 5.75 Å². The molecule has 0 spiro atoms.